The Labute approximate surface area is 330 Å². The van der Waals surface area contributed by atoms with Crippen LogP contribution in [0.25, 0.3) is 0 Å². The SMILES string of the molecule is CSCC[C@H](N)C(=O)N[C@@H](CC(C)C)C(=O)N[C@H](C(=O)N[C@@H](C)C(=O)N[C@@H](CCC(=O)O)C(=O)N[C@@H](CCC(=O)O)C(=O)N[C@@H](CCCCN)C(=O)O)[C@@H](C)O. The van der Waals surface area contributed by atoms with E-state index in [0.29, 0.717) is 25.0 Å². The van der Waals surface area contributed by atoms with Gasteiger partial charge >= 0.3 is 17.9 Å². The molecule has 0 saturated heterocycles. The van der Waals surface area contributed by atoms with Crippen LogP contribution in [-0.4, -0.2) is 141 Å². The zero-order valence-electron chi connectivity index (χ0n) is 32.5. The Morgan fingerprint density at radius 2 is 1.07 bits per heavy atom. The van der Waals surface area contributed by atoms with Crippen LogP contribution in [-0.2, 0) is 43.2 Å². The number of hydrogen-bond acceptors (Lipinski definition) is 13. The van der Waals surface area contributed by atoms with Crippen LogP contribution < -0.4 is 43.4 Å². The lowest BCUT2D eigenvalue weighted by Gasteiger charge is -2.28. The third-order valence-electron chi connectivity index (χ3n) is 8.25. The molecule has 14 N–H and O–H groups in total. The van der Waals surface area contributed by atoms with Crippen LogP contribution >= 0.6 is 11.8 Å². The van der Waals surface area contributed by atoms with Gasteiger partial charge in [0.25, 0.3) is 0 Å². The van der Waals surface area contributed by atoms with Crippen LogP contribution in [0.5, 0.6) is 0 Å². The molecule has 56 heavy (non-hydrogen) atoms. The van der Waals surface area contributed by atoms with Crippen molar-refractivity contribution in [2.45, 2.75) is 134 Å². The molecule has 8 atom stereocenters. The van der Waals surface area contributed by atoms with Crippen molar-refractivity contribution in [3.05, 3.63) is 0 Å². The molecule has 0 spiro atoms. The van der Waals surface area contributed by atoms with Crippen molar-refractivity contribution < 1.29 is 63.6 Å². The van der Waals surface area contributed by atoms with Gasteiger partial charge < -0.3 is 63.8 Å². The van der Waals surface area contributed by atoms with Crippen molar-refractivity contribution in [1.82, 2.24) is 31.9 Å². The summed E-state index contributed by atoms with van der Waals surface area (Å²) >= 11 is 1.49. The van der Waals surface area contributed by atoms with Crippen LogP contribution in [0.2, 0.25) is 0 Å². The summed E-state index contributed by atoms with van der Waals surface area (Å²) in [6, 6.07) is -9.76. The number of rotatable bonds is 29. The van der Waals surface area contributed by atoms with E-state index in [0.717, 1.165) is 0 Å². The Morgan fingerprint density at radius 1 is 0.589 bits per heavy atom. The quantitative estimate of drug-likeness (QED) is 0.0343. The number of unbranched alkanes of at least 4 members (excludes halogenated alkanes) is 1. The number of aliphatic carboxylic acids is 3. The molecule has 22 heteroatoms. The topological polar surface area (TPSA) is 359 Å². The molecule has 0 aliphatic carbocycles. The molecule has 0 bridgehead atoms. The second kappa shape index (κ2) is 27.1. The fourth-order valence-corrected chi connectivity index (χ4v) is 5.54. The maximum atomic E-state index is 13.4. The van der Waals surface area contributed by atoms with E-state index in [9.17, 15) is 63.6 Å². The number of carboxylic acid groups (broad SMARTS) is 3. The van der Waals surface area contributed by atoms with Crippen molar-refractivity contribution >= 4 is 65.1 Å². The molecule has 0 aromatic rings. The molecule has 0 aromatic heterocycles. The van der Waals surface area contributed by atoms with E-state index in [-0.39, 0.29) is 25.3 Å². The maximum absolute atomic E-state index is 13.4. The number of carbonyl (C=O) groups is 9. The highest BCUT2D eigenvalue weighted by Gasteiger charge is 2.34. The summed E-state index contributed by atoms with van der Waals surface area (Å²) in [5.41, 5.74) is 11.4. The van der Waals surface area contributed by atoms with Gasteiger partial charge in [0.1, 0.15) is 36.3 Å². The lowest BCUT2D eigenvalue weighted by Crippen LogP contribution is -2.61. The summed E-state index contributed by atoms with van der Waals surface area (Å²) in [4.78, 5) is 113. The largest absolute Gasteiger partial charge is 0.481 e. The molecule has 0 aliphatic rings. The monoisotopic (exact) mass is 820 g/mol. The summed E-state index contributed by atoms with van der Waals surface area (Å²) in [6.45, 7) is 6.27. The number of thioether (sulfide) groups is 1. The standard InChI is InChI=1S/C34H60N8O13S/c1-17(2)16-24(41-29(49)20(36)13-15-56-5)32(52)42-27(19(4)43)33(53)37-18(3)28(48)38-21(9-11-25(44)45)30(50)39-22(10-12-26(46)47)31(51)40-23(34(54)55)8-6-7-14-35/h17-24,27,43H,6-16,35-36H2,1-5H3,(H,37,53)(H,38,48)(H,39,50)(H,40,51)(H,41,49)(H,42,52)(H,44,45)(H,46,47)(H,54,55)/t18-,19+,20-,21-,22-,23-,24-,27-/m0/s1. The van der Waals surface area contributed by atoms with Crippen LogP contribution in [0.4, 0.5) is 0 Å². The molecule has 0 heterocycles. The van der Waals surface area contributed by atoms with Crippen LogP contribution in [0, 0.1) is 5.92 Å². The Kier molecular flexibility index (Phi) is 24.9. The molecule has 0 aromatic carbocycles. The first-order chi connectivity index (χ1) is 26.1. The zero-order valence-corrected chi connectivity index (χ0v) is 33.3. The van der Waals surface area contributed by atoms with Gasteiger partial charge in [0, 0.05) is 12.8 Å². The van der Waals surface area contributed by atoms with Gasteiger partial charge in [-0.2, -0.15) is 11.8 Å². The number of carbonyl (C=O) groups excluding carboxylic acids is 6. The number of nitrogens with two attached hydrogens (primary N) is 2. The van der Waals surface area contributed by atoms with E-state index in [1.165, 1.54) is 25.6 Å². The van der Waals surface area contributed by atoms with Crippen molar-refractivity contribution in [1.29, 1.82) is 0 Å². The first-order valence-electron chi connectivity index (χ1n) is 18.3. The summed E-state index contributed by atoms with van der Waals surface area (Å²) in [5, 5.41) is 52.5. The average molecular weight is 821 g/mol. The summed E-state index contributed by atoms with van der Waals surface area (Å²) < 4.78 is 0. The van der Waals surface area contributed by atoms with Crippen LogP contribution in [0.1, 0.15) is 85.5 Å². The molecular weight excluding hydrogens is 760 g/mol. The van der Waals surface area contributed by atoms with Gasteiger partial charge in [-0.25, -0.2) is 4.79 Å². The maximum Gasteiger partial charge on any atom is 0.326 e. The zero-order chi connectivity index (χ0) is 43.1. The van der Waals surface area contributed by atoms with E-state index >= 15 is 0 Å². The lowest BCUT2D eigenvalue weighted by molar-refractivity contribution is -0.143. The molecule has 6 amide bonds. The number of aliphatic hydroxyl groups excluding tert-OH is 1. The Hall–Kier alpha value is -4.54. The molecule has 21 nitrogen and oxygen atoms in total. The van der Waals surface area contributed by atoms with E-state index in [1.807, 2.05) is 6.26 Å². The minimum absolute atomic E-state index is 0.0132. The predicted molar refractivity (Wildman–Crippen MR) is 204 cm³/mol. The number of carboxylic acids is 3. The number of nitrogens with one attached hydrogen (secondary N) is 6. The van der Waals surface area contributed by atoms with Gasteiger partial charge in [-0.15, -0.1) is 0 Å². The van der Waals surface area contributed by atoms with Gasteiger partial charge in [0.15, 0.2) is 0 Å². The molecule has 320 valence electrons. The molecule has 0 radical (unpaired) electrons. The normalized spacial score (nSPS) is 15.4. The fraction of sp³-hybridized carbons (Fsp3) is 0.735. The van der Waals surface area contributed by atoms with Crippen LogP contribution in [0.3, 0.4) is 0 Å². The predicted octanol–water partition coefficient (Wildman–Crippen LogP) is -2.63. The highest BCUT2D eigenvalue weighted by Crippen LogP contribution is 2.09. The minimum Gasteiger partial charge on any atom is -0.481 e. The van der Waals surface area contributed by atoms with E-state index in [4.69, 9.17) is 11.5 Å². The highest BCUT2D eigenvalue weighted by atomic mass is 32.2. The Bertz CT molecular complexity index is 1350. The first kappa shape index (κ1) is 51.5. The van der Waals surface area contributed by atoms with Gasteiger partial charge in [-0.3, -0.25) is 38.4 Å². The third-order valence-corrected chi connectivity index (χ3v) is 8.89. The Balaban J connectivity index is 6.00. The second-order valence-corrected chi connectivity index (χ2v) is 14.7. The van der Waals surface area contributed by atoms with Gasteiger partial charge in [0.05, 0.1) is 12.1 Å². The smallest absolute Gasteiger partial charge is 0.326 e. The minimum atomic E-state index is -1.65. The third kappa shape index (κ3) is 20.9. The fourth-order valence-electron chi connectivity index (χ4n) is 5.05. The second-order valence-electron chi connectivity index (χ2n) is 13.7. The van der Waals surface area contributed by atoms with E-state index in [1.54, 1.807) is 13.8 Å². The van der Waals surface area contributed by atoms with Crippen molar-refractivity contribution in [3.8, 4) is 0 Å². The number of aliphatic hydroxyl groups is 1. The summed E-state index contributed by atoms with van der Waals surface area (Å²) in [6.07, 6.45) is -0.650. The van der Waals surface area contributed by atoms with Crippen LogP contribution in [0.15, 0.2) is 0 Å². The summed E-state index contributed by atoms with van der Waals surface area (Å²) in [7, 11) is 0. The van der Waals surface area contributed by atoms with E-state index < -0.39 is 127 Å². The molecule has 0 unspecified atom stereocenters. The summed E-state index contributed by atoms with van der Waals surface area (Å²) in [5.74, 6) is -9.16. The average Bonchev–Trinajstić information content (AvgIpc) is 3.10. The number of amides is 6. The van der Waals surface area contributed by atoms with Gasteiger partial charge in [-0.05, 0) is 83.3 Å². The van der Waals surface area contributed by atoms with Gasteiger partial charge in [0.2, 0.25) is 35.4 Å². The molecule has 0 rings (SSSR count). The Morgan fingerprint density at radius 3 is 1.52 bits per heavy atom. The van der Waals surface area contributed by atoms with Crippen molar-refractivity contribution in [2.75, 3.05) is 18.6 Å². The highest BCUT2D eigenvalue weighted by molar-refractivity contribution is 7.98. The number of hydrogen-bond donors (Lipinski definition) is 12. The van der Waals surface area contributed by atoms with Gasteiger partial charge in [-0.1, -0.05) is 13.8 Å². The molecular formula is C34H60N8O13S. The van der Waals surface area contributed by atoms with Crippen molar-refractivity contribution in [2.24, 2.45) is 17.4 Å². The molecule has 0 fully saturated rings. The lowest BCUT2D eigenvalue weighted by atomic mass is 10.0. The van der Waals surface area contributed by atoms with E-state index in [2.05, 4.69) is 31.9 Å². The first-order valence-corrected chi connectivity index (χ1v) is 19.7. The molecule has 0 saturated carbocycles. The molecule has 0 aliphatic heterocycles. The van der Waals surface area contributed by atoms with Crippen molar-refractivity contribution in [3.63, 3.8) is 0 Å².